The van der Waals surface area contributed by atoms with Crippen LogP contribution in [0.4, 0.5) is 0 Å². The zero-order valence-corrected chi connectivity index (χ0v) is 21.5. The van der Waals surface area contributed by atoms with Crippen LogP contribution < -0.4 is 4.74 Å². The van der Waals surface area contributed by atoms with E-state index in [1.807, 2.05) is 30.5 Å². The Morgan fingerprint density at radius 1 is 1.18 bits per heavy atom. The summed E-state index contributed by atoms with van der Waals surface area (Å²) < 4.78 is 19.1. The highest BCUT2D eigenvalue weighted by Crippen LogP contribution is 2.36. The Morgan fingerprint density at radius 2 is 1.92 bits per heavy atom. The quantitative estimate of drug-likeness (QED) is 0.342. The molecular weight excluding hydrogens is 510 g/mol. The maximum Gasteiger partial charge on any atom is 0.212 e. The molecule has 0 unspecified atom stereocenters. The highest BCUT2D eigenvalue weighted by atomic mass is 35.5. The van der Waals surface area contributed by atoms with Crippen molar-refractivity contribution < 1.29 is 24.4 Å². The number of aromatic amines is 1. The molecular formula is C27H26ClN5O5. The monoisotopic (exact) mass is 535 g/mol. The van der Waals surface area contributed by atoms with Gasteiger partial charge in [-0.05, 0) is 25.5 Å². The summed E-state index contributed by atoms with van der Waals surface area (Å²) in [6.45, 7) is 4.30. The first-order chi connectivity index (χ1) is 18.2. The first-order valence-corrected chi connectivity index (χ1v) is 12.6. The van der Waals surface area contributed by atoms with E-state index in [9.17, 15) is 15.5 Å². The van der Waals surface area contributed by atoms with Crippen molar-refractivity contribution in [1.82, 2.24) is 19.7 Å². The predicted octanol–water partition coefficient (Wildman–Crippen LogP) is 3.30. The van der Waals surface area contributed by atoms with Crippen molar-refractivity contribution in [2.45, 2.75) is 50.4 Å². The number of ether oxygens (including phenoxy) is 3. The van der Waals surface area contributed by atoms with Gasteiger partial charge in [0.05, 0.1) is 47.8 Å². The number of rotatable bonds is 6. The summed E-state index contributed by atoms with van der Waals surface area (Å²) in [7, 11) is 0. The van der Waals surface area contributed by atoms with Crippen LogP contribution in [-0.2, 0) is 16.0 Å². The van der Waals surface area contributed by atoms with Crippen molar-refractivity contribution >= 4 is 22.6 Å². The molecule has 6 rings (SSSR count). The fourth-order valence-corrected chi connectivity index (χ4v) is 5.23. The highest BCUT2D eigenvalue weighted by Gasteiger charge is 2.48. The Labute approximate surface area is 223 Å². The van der Waals surface area contributed by atoms with Gasteiger partial charge in [0.25, 0.3) is 0 Å². The third-order valence-electron chi connectivity index (χ3n) is 6.72. The molecule has 0 amide bonds. The number of aromatic nitrogens is 4. The molecule has 3 aromatic heterocycles. The molecule has 0 bridgehead atoms. The van der Waals surface area contributed by atoms with E-state index in [1.54, 1.807) is 30.8 Å². The zero-order valence-electron chi connectivity index (χ0n) is 20.8. The topological polar surface area (TPSA) is 138 Å². The maximum absolute atomic E-state index is 10.0. The summed E-state index contributed by atoms with van der Waals surface area (Å²) in [5.74, 6) is 0.265. The third kappa shape index (κ3) is 4.53. The minimum Gasteiger partial charge on any atom is -0.469 e. The maximum atomic E-state index is 10.0. The normalized spacial score (nSPS) is 23.1. The number of nitrogens with zero attached hydrogens (tertiary/aromatic N) is 4. The van der Waals surface area contributed by atoms with Crippen LogP contribution in [0.1, 0.15) is 19.4 Å². The second-order valence-electron chi connectivity index (χ2n) is 10.3. The molecule has 0 spiro atoms. The molecule has 1 aromatic carbocycles. The lowest BCUT2D eigenvalue weighted by molar-refractivity contribution is 0.00789. The van der Waals surface area contributed by atoms with E-state index in [0.29, 0.717) is 28.3 Å². The van der Waals surface area contributed by atoms with Gasteiger partial charge in [0.1, 0.15) is 35.5 Å². The van der Waals surface area contributed by atoms with Gasteiger partial charge in [0.15, 0.2) is 6.10 Å². The molecule has 0 radical (unpaired) electrons. The number of aliphatic hydroxyl groups excluding tert-OH is 1. The molecule has 0 saturated carbocycles. The Morgan fingerprint density at radius 3 is 2.66 bits per heavy atom. The average Bonchev–Trinajstić information content (AvgIpc) is 3.64. The van der Waals surface area contributed by atoms with E-state index in [-0.39, 0.29) is 24.7 Å². The number of aliphatic hydroxyl groups is 2. The number of nitrogens with one attached hydrogen (secondary N) is 1. The minimum absolute atomic E-state index is 0.190. The van der Waals surface area contributed by atoms with Gasteiger partial charge in [-0.3, -0.25) is 4.68 Å². The molecule has 38 heavy (non-hydrogen) atoms. The van der Waals surface area contributed by atoms with Crippen LogP contribution in [0.25, 0.3) is 33.4 Å². The zero-order chi connectivity index (χ0) is 26.6. The first kappa shape index (κ1) is 24.9. The van der Waals surface area contributed by atoms with Crippen molar-refractivity contribution in [3.05, 3.63) is 53.3 Å². The van der Waals surface area contributed by atoms with Crippen molar-refractivity contribution in [3.63, 3.8) is 0 Å². The van der Waals surface area contributed by atoms with Crippen LogP contribution in [0.5, 0.6) is 5.88 Å². The summed E-state index contributed by atoms with van der Waals surface area (Å²) in [5, 5.41) is 34.7. The van der Waals surface area contributed by atoms with Crippen molar-refractivity contribution in [2.24, 2.45) is 0 Å². The Balaban J connectivity index is 1.27. The molecule has 10 nitrogen and oxygen atoms in total. The van der Waals surface area contributed by atoms with Crippen LogP contribution in [0.15, 0.2) is 42.7 Å². The molecule has 5 heterocycles. The lowest BCUT2D eigenvalue weighted by Crippen LogP contribution is -2.34. The molecule has 2 aliphatic heterocycles. The summed E-state index contributed by atoms with van der Waals surface area (Å²) in [6.07, 6.45) is 1.65. The summed E-state index contributed by atoms with van der Waals surface area (Å²) in [5.41, 5.74) is 3.63. The van der Waals surface area contributed by atoms with Crippen molar-refractivity contribution in [1.29, 1.82) is 5.26 Å². The molecule has 0 aliphatic carbocycles. The fraction of sp³-hybridized carbons (Fsp3) is 0.370. The van der Waals surface area contributed by atoms with E-state index in [2.05, 4.69) is 16.2 Å². The largest absolute Gasteiger partial charge is 0.469 e. The molecule has 4 aromatic rings. The van der Waals surface area contributed by atoms with Crippen molar-refractivity contribution in [2.75, 3.05) is 13.2 Å². The number of fused-ring (bicyclic) bond motifs is 2. The number of halogens is 1. The van der Waals surface area contributed by atoms with Crippen LogP contribution >= 0.6 is 11.6 Å². The summed E-state index contributed by atoms with van der Waals surface area (Å²) in [6, 6.07) is 11.6. The molecule has 2 aliphatic rings. The average molecular weight is 536 g/mol. The van der Waals surface area contributed by atoms with E-state index in [0.717, 1.165) is 16.7 Å². The van der Waals surface area contributed by atoms with Gasteiger partial charge in [-0.15, -0.1) is 0 Å². The van der Waals surface area contributed by atoms with E-state index < -0.39 is 30.0 Å². The fourth-order valence-electron chi connectivity index (χ4n) is 4.97. The van der Waals surface area contributed by atoms with Gasteiger partial charge in [-0.25, -0.2) is 4.98 Å². The summed E-state index contributed by atoms with van der Waals surface area (Å²) in [4.78, 5) is 7.83. The number of nitriles is 1. The van der Waals surface area contributed by atoms with Gasteiger partial charge in [-0.2, -0.15) is 10.4 Å². The molecule has 2 fully saturated rings. The van der Waals surface area contributed by atoms with Gasteiger partial charge < -0.3 is 29.4 Å². The summed E-state index contributed by atoms with van der Waals surface area (Å²) >= 11 is 6.61. The third-order valence-corrected chi connectivity index (χ3v) is 7.01. The standard InChI is InChI=1S/C27H26ClN5O5/c1-27(2,35)13-33-10-16(9-30-33)14-3-5-15(6-4-14)22-18(28)7-19-23(32-22)17(8-29)26(31-19)38-21-12-37-24-20(34)11-36-25(21)24/h3-7,9-10,20-21,24-25,31,34-35H,11-13H2,1-2H3/t20-,21-,24-,25-/m1/s1. The number of hydrogen-bond donors (Lipinski definition) is 3. The Kier molecular flexibility index (Phi) is 6.13. The molecule has 11 heteroatoms. The molecule has 4 atom stereocenters. The lowest BCUT2D eigenvalue weighted by Gasteiger charge is -2.16. The van der Waals surface area contributed by atoms with E-state index >= 15 is 0 Å². The van der Waals surface area contributed by atoms with Crippen molar-refractivity contribution in [3.8, 4) is 34.3 Å². The van der Waals surface area contributed by atoms with E-state index in [1.165, 1.54) is 0 Å². The van der Waals surface area contributed by atoms with E-state index in [4.69, 9.17) is 30.8 Å². The Hall–Kier alpha value is -3.46. The SMILES string of the molecule is CC(C)(O)Cn1cc(-c2ccc(-c3nc4c(C#N)c(O[C@@H]5CO[C@H]6[C@@H]5OC[C@H]6O)[nH]c4cc3Cl)cc2)cn1. The number of hydrogen-bond acceptors (Lipinski definition) is 8. The van der Waals surface area contributed by atoms with Crippen LogP contribution in [-0.4, -0.2) is 73.2 Å². The van der Waals surface area contributed by atoms with Gasteiger partial charge in [0, 0.05) is 17.3 Å². The highest BCUT2D eigenvalue weighted by molar-refractivity contribution is 6.33. The van der Waals surface area contributed by atoms with Crippen LogP contribution in [0, 0.1) is 11.3 Å². The number of pyridine rings is 1. The second-order valence-corrected chi connectivity index (χ2v) is 10.7. The smallest absolute Gasteiger partial charge is 0.212 e. The van der Waals surface area contributed by atoms with Gasteiger partial charge in [-0.1, -0.05) is 35.9 Å². The number of H-pyrrole nitrogens is 1. The Bertz CT molecular complexity index is 1530. The molecule has 2 saturated heterocycles. The van der Waals surface area contributed by atoms with Crippen LogP contribution in [0.2, 0.25) is 5.02 Å². The predicted molar refractivity (Wildman–Crippen MR) is 139 cm³/mol. The first-order valence-electron chi connectivity index (χ1n) is 12.3. The molecule has 3 N–H and O–H groups in total. The van der Waals surface area contributed by atoms with Crippen LogP contribution in [0.3, 0.4) is 0 Å². The minimum atomic E-state index is -0.861. The van der Waals surface area contributed by atoms with Gasteiger partial charge in [0.2, 0.25) is 5.88 Å². The second kappa shape index (κ2) is 9.38. The molecule has 196 valence electrons. The van der Waals surface area contributed by atoms with Gasteiger partial charge >= 0.3 is 0 Å². The lowest BCUT2D eigenvalue weighted by atomic mass is 10.0. The number of benzene rings is 1.